The molecule has 0 unspecified atom stereocenters. The van der Waals surface area contributed by atoms with E-state index in [2.05, 4.69) is 4.74 Å². The Morgan fingerprint density at radius 3 is 2.69 bits per heavy atom. The number of hydrogen-bond donors (Lipinski definition) is 1. The molecule has 0 aromatic rings. The van der Waals surface area contributed by atoms with Crippen LogP contribution in [0.3, 0.4) is 0 Å². The standard InChI is InChI=1S/C8H12F2O3/c1-13-8(12)5-6(11)3-2-4-7(9)10/h5,7,11H,2-4H2,1H3/b6-5-. The topological polar surface area (TPSA) is 46.5 Å². The molecular formula is C8H12F2O3. The van der Waals surface area contributed by atoms with E-state index in [4.69, 9.17) is 5.11 Å². The molecule has 1 N–H and O–H groups in total. The second kappa shape index (κ2) is 6.39. The molecule has 0 aliphatic rings. The Bertz CT molecular complexity index is 190. The third kappa shape index (κ3) is 7.24. The van der Waals surface area contributed by atoms with E-state index in [-0.39, 0.29) is 25.0 Å². The van der Waals surface area contributed by atoms with Crippen molar-refractivity contribution < 1.29 is 23.4 Å². The van der Waals surface area contributed by atoms with Crippen molar-refractivity contribution in [1.82, 2.24) is 0 Å². The van der Waals surface area contributed by atoms with Crippen LogP contribution in [0, 0.1) is 0 Å². The van der Waals surface area contributed by atoms with Crippen molar-refractivity contribution in [3.8, 4) is 0 Å². The maximum atomic E-state index is 11.6. The van der Waals surface area contributed by atoms with Crippen LogP contribution in [-0.4, -0.2) is 24.6 Å². The van der Waals surface area contributed by atoms with E-state index in [0.717, 1.165) is 6.08 Å². The van der Waals surface area contributed by atoms with Gasteiger partial charge in [0.05, 0.1) is 18.9 Å². The number of esters is 1. The molecular weight excluding hydrogens is 182 g/mol. The maximum Gasteiger partial charge on any atom is 0.333 e. The summed E-state index contributed by atoms with van der Waals surface area (Å²) in [7, 11) is 1.17. The van der Waals surface area contributed by atoms with E-state index in [1.165, 1.54) is 7.11 Å². The van der Waals surface area contributed by atoms with Crippen LogP contribution >= 0.6 is 0 Å². The highest BCUT2D eigenvalue weighted by molar-refractivity contribution is 5.82. The molecule has 0 rings (SSSR count). The Morgan fingerprint density at radius 2 is 2.23 bits per heavy atom. The van der Waals surface area contributed by atoms with Crippen LogP contribution in [0.5, 0.6) is 0 Å². The van der Waals surface area contributed by atoms with Gasteiger partial charge in [-0.15, -0.1) is 0 Å². The SMILES string of the molecule is COC(=O)/C=C(\O)CCCC(F)F. The van der Waals surface area contributed by atoms with Crippen molar-refractivity contribution >= 4 is 5.97 Å². The molecule has 5 heteroatoms. The quantitative estimate of drug-likeness (QED) is 0.414. The zero-order valence-electron chi connectivity index (χ0n) is 7.30. The number of alkyl halides is 2. The van der Waals surface area contributed by atoms with E-state index >= 15 is 0 Å². The minimum Gasteiger partial charge on any atom is -0.512 e. The minimum absolute atomic E-state index is 0.0689. The van der Waals surface area contributed by atoms with Gasteiger partial charge in [-0.2, -0.15) is 0 Å². The molecule has 0 amide bonds. The fourth-order valence-electron chi connectivity index (χ4n) is 0.705. The van der Waals surface area contributed by atoms with Crippen LogP contribution in [0.25, 0.3) is 0 Å². The van der Waals surface area contributed by atoms with Gasteiger partial charge in [-0.25, -0.2) is 13.6 Å². The predicted molar refractivity (Wildman–Crippen MR) is 42.6 cm³/mol. The normalized spacial score (nSPS) is 11.8. The summed E-state index contributed by atoms with van der Waals surface area (Å²) in [5, 5.41) is 8.98. The highest BCUT2D eigenvalue weighted by atomic mass is 19.3. The van der Waals surface area contributed by atoms with Gasteiger partial charge in [0, 0.05) is 12.8 Å². The van der Waals surface area contributed by atoms with E-state index in [1.54, 1.807) is 0 Å². The molecule has 0 radical (unpaired) electrons. The Labute approximate surface area is 75.0 Å². The van der Waals surface area contributed by atoms with Gasteiger partial charge < -0.3 is 9.84 Å². The smallest absolute Gasteiger partial charge is 0.333 e. The lowest BCUT2D eigenvalue weighted by Gasteiger charge is -1.99. The molecule has 0 heterocycles. The summed E-state index contributed by atoms with van der Waals surface area (Å²) >= 11 is 0. The van der Waals surface area contributed by atoms with Crippen molar-refractivity contribution in [3.05, 3.63) is 11.8 Å². The molecule has 0 aromatic carbocycles. The number of aliphatic hydroxyl groups excluding tert-OH is 1. The minimum atomic E-state index is -2.37. The molecule has 0 fully saturated rings. The fraction of sp³-hybridized carbons (Fsp3) is 0.625. The molecule has 0 atom stereocenters. The first-order valence-corrected chi connectivity index (χ1v) is 3.82. The van der Waals surface area contributed by atoms with Crippen LogP contribution in [-0.2, 0) is 9.53 Å². The van der Waals surface area contributed by atoms with Crippen molar-refractivity contribution in [2.45, 2.75) is 25.7 Å². The van der Waals surface area contributed by atoms with E-state index in [0.29, 0.717) is 0 Å². The molecule has 0 bridgehead atoms. The van der Waals surface area contributed by atoms with Gasteiger partial charge in [0.25, 0.3) is 0 Å². The van der Waals surface area contributed by atoms with Crippen LogP contribution in [0.2, 0.25) is 0 Å². The second-order valence-corrected chi connectivity index (χ2v) is 2.44. The monoisotopic (exact) mass is 194 g/mol. The van der Waals surface area contributed by atoms with Gasteiger partial charge in [-0.1, -0.05) is 0 Å². The van der Waals surface area contributed by atoms with E-state index in [1.807, 2.05) is 0 Å². The summed E-state index contributed by atoms with van der Waals surface area (Å²) in [4.78, 5) is 10.5. The zero-order valence-corrected chi connectivity index (χ0v) is 7.30. The van der Waals surface area contributed by atoms with E-state index < -0.39 is 12.4 Å². The molecule has 0 saturated carbocycles. The van der Waals surface area contributed by atoms with Crippen LogP contribution in [0.15, 0.2) is 11.8 Å². The van der Waals surface area contributed by atoms with Gasteiger partial charge >= 0.3 is 5.97 Å². The van der Waals surface area contributed by atoms with Gasteiger partial charge in [-0.05, 0) is 6.42 Å². The number of aliphatic hydroxyl groups is 1. The lowest BCUT2D eigenvalue weighted by molar-refractivity contribution is -0.135. The average Bonchev–Trinajstić information content (AvgIpc) is 2.03. The molecule has 0 spiro atoms. The molecule has 0 aliphatic carbocycles. The number of methoxy groups -OCH3 is 1. The highest BCUT2D eigenvalue weighted by Gasteiger charge is 2.04. The van der Waals surface area contributed by atoms with Crippen molar-refractivity contribution in [1.29, 1.82) is 0 Å². The number of hydrogen-bond acceptors (Lipinski definition) is 3. The summed E-state index contributed by atoms with van der Waals surface area (Å²) in [6.45, 7) is 0. The molecule has 76 valence electrons. The van der Waals surface area contributed by atoms with Gasteiger partial charge in [0.1, 0.15) is 0 Å². The van der Waals surface area contributed by atoms with Crippen molar-refractivity contribution in [2.75, 3.05) is 7.11 Å². The molecule has 0 aromatic heterocycles. The first-order valence-electron chi connectivity index (χ1n) is 3.82. The predicted octanol–water partition coefficient (Wildman–Crippen LogP) is 2.04. The summed E-state index contributed by atoms with van der Waals surface area (Å²) in [6.07, 6.45) is -1.55. The molecule has 13 heavy (non-hydrogen) atoms. The van der Waals surface area contributed by atoms with Crippen LogP contribution < -0.4 is 0 Å². The van der Waals surface area contributed by atoms with Gasteiger partial charge in [-0.3, -0.25) is 0 Å². The highest BCUT2D eigenvalue weighted by Crippen LogP contribution is 2.09. The van der Waals surface area contributed by atoms with Crippen LogP contribution in [0.1, 0.15) is 19.3 Å². The van der Waals surface area contributed by atoms with E-state index in [9.17, 15) is 13.6 Å². The maximum absolute atomic E-state index is 11.6. The summed E-state index contributed by atoms with van der Waals surface area (Å²) in [5.74, 6) is -0.915. The van der Waals surface area contributed by atoms with Crippen molar-refractivity contribution in [3.63, 3.8) is 0 Å². The largest absolute Gasteiger partial charge is 0.512 e. The van der Waals surface area contributed by atoms with Crippen LogP contribution in [0.4, 0.5) is 8.78 Å². The summed E-state index contributed by atoms with van der Waals surface area (Å²) in [5.41, 5.74) is 0. The number of halogens is 2. The number of carbonyl (C=O) groups excluding carboxylic acids is 1. The Hall–Kier alpha value is -1.13. The Morgan fingerprint density at radius 1 is 1.62 bits per heavy atom. The van der Waals surface area contributed by atoms with Gasteiger partial charge in [0.2, 0.25) is 6.43 Å². The number of carbonyl (C=O) groups is 1. The number of ether oxygens (including phenoxy) is 1. The second-order valence-electron chi connectivity index (χ2n) is 2.44. The zero-order chi connectivity index (χ0) is 10.3. The third-order valence-corrected chi connectivity index (χ3v) is 1.34. The Balaban J connectivity index is 3.67. The lowest BCUT2D eigenvalue weighted by atomic mass is 10.2. The van der Waals surface area contributed by atoms with Crippen molar-refractivity contribution in [2.24, 2.45) is 0 Å². The number of rotatable bonds is 5. The Kier molecular flexibility index (Phi) is 5.84. The summed E-state index contributed by atoms with van der Waals surface area (Å²) in [6, 6.07) is 0. The summed E-state index contributed by atoms with van der Waals surface area (Å²) < 4.78 is 27.5. The first-order chi connectivity index (χ1) is 6.06. The van der Waals surface area contributed by atoms with Gasteiger partial charge in [0.15, 0.2) is 0 Å². The fourth-order valence-corrected chi connectivity index (χ4v) is 0.705. The lowest BCUT2D eigenvalue weighted by Crippen LogP contribution is -1.98. The first kappa shape index (κ1) is 11.9. The number of allylic oxidation sites excluding steroid dienone is 1. The molecule has 0 saturated heterocycles. The molecule has 0 aliphatic heterocycles. The third-order valence-electron chi connectivity index (χ3n) is 1.34. The molecule has 3 nitrogen and oxygen atoms in total. The average molecular weight is 194 g/mol.